The van der Waals surface area contributed by atoms with Crippen molar-refractivity contribution >= 4 is 29.0 Å². The number of esters is 1. The van der Waals surface area contributed by atoms with Crippen LogP contribution in [0.3, 0.4) is 0 Å². The van der Waals surface area contributed by atoms with Crippen LogP contribution in [0.5, 0.6) is 5.75 Å². The smallest absolute Gasteiger partial charge is 0.342 e. The Hall–Kier alpha value is -2.74. The first kappa shape index (κ1) is 24.9. The molecule has 33 heavy (non-hydrogen) atoms. The number of hydrogen-bond donors (Lipinski definition) is 3. The van der Waals surface area contributed by atoms with Gasteiger partial charge < -0.3 is 20.5 Å². The highest BCUT2D eigenvalue weighted by Crippen LogP contribution is 2.30. The molecule has 0 saturated carbocycles. The number of phenolic OH excluding ortho intramolecular Hbond substituents is 1. The first-order valence-corrected chi connectivity index (χ1v) is 11.9. The van der Waals surface area contributed by atoms with Gasteiger partial charge in [-0.1, -0.05) is 6.92 Å². The molecule has 0 spiro atoms. The van der Waals surface area contributed by atoms with Crippen LogP contribution < -0.4 is 10.6 Å². The maximum Gasteiger partial charge on any atom is 0.342 e. The van der Waals surface area contributed by atoms with Crippen molar-refractivity contribution in [2.75, 3.05) is 25.0 Å². The summed E-state index contributed by atoms with van der Waals surface area (Å²) < 4.78 is 5.60. The molecule has 180 valence electrons. The maximum atomic E-state index is 13.0. The van der Waals surface area contributed by atoms with Crippen LogP contribution in [-0.4, -0.2) is 54.2 Å². The Labute approximate surface area is 194 Å². The molecular weight excluding hydrogens is 424 g/mol. The number of carbonyl (C=O) groups is 4. The van der Waals surface area contributed by atoms with Gasteiger partial charge in [-0.2, -0.15) is 0 Å². The minimum atomic E-state index is -0.954. The zero-order valence-corrected chi connectivity index (χ0v) is 19.4. The normalized spacial score (nSPS) is 24.1. The summed E-state index contributed by atoms with van der Waals surface area (Å²) in [5.74, 6) is -2.82. The highest BCUT2D eigenvalue weighted by atomic mass is 16.5. The van der Waals surface area contributed by atoms with Crippen molar-refractivity contribution in [3.63, 3.8) is 0 Å². The molecule has 3 N–H and O–H groups in total. The number of ketones is 3. The fourth-order valence-corrected chi connectivity index (χ4v) is 4.33. The molecular formula is C25H34N2O6. The van der Waals surface area contributed by atoms with E-state index in [1.54, 1.807) is 13.0 Å². The van der Waals surface area contributed by atoms with E-state index in [-0.39, 0.29) is 42.9 Å². The molecule has 2 aliphatic rings. The number of piperidine rings is 1. The second kappa shape index (κ2) is 11.4. The number of fused-ring (bicyclic) bond motifs is 1. The number of benzene rings is 1. The van der Waals surface area contributed by atoms with Crippen LogP contribution in [-0.2, 0) is 25.5 Å². The topological polar surface area (TPSA) is 122 Å². The molecule has 0 unspecified atom stereocenters. The number of phenols is 1. The summed E-state index contributed by atoms with van der Waals surface area (Å²) in [4.78, 5) is 49.3. The van der Waals surface area contributed by atoms with Crippen molar-refractivity contribution in [1.29, 1.82) is 0 Å². The van der Waals surface area contributed by atoms with Gasteiger partial charge in [-0.3, -0.25) is 14.4 Å². The van der Waals surface area contributed by atoms with Crippen LogP contribution in [0.1, 0.15) is 68.3 Å². The molecule has 8 nitrogen and oxygen atoms in total. The highest BCUT2D eigenvalue weighted by Gasteiger charge is 2.28. The Morgan fingerprint density at radius 3 is 2.42 bits per heavy atom. The van der Waals surface area contributed by atoms with Crippen LogP contribution in [0, 0.1) is 11.8 Å². The number of aryl methyl sites for hydroxylation is 1. The van der Waals surface area contributed by atoms with E-state index in [1.165, 1.54) is 6.07 Å². The Morgan fingerprint density at radius 1 is 1.00 bits per heavy atom. The Morgan fingerprint density at radius 2 is 1.70 bits per heavy atom. The zero-order chi connectivity index (χ0) is 24.0. The average Bonchev–Trinajstić information content (AvgIpc) is 2.80. The van der Waals surface area contributed by atoms with Crippen LogP contribution in [0.15, 0.2) is 12.1 Å². The molecule has 0 amide bonds. The summed E-state index contributed by atoms with van der Waals surface area (Å²) in [6.45, 7) is 6.27. The second-order valence-corrected chi connectivity index (χ2v) is 9.26. The van der Waals surface area contributed by atoms with Gasteiger partial charge >= 0.3 is 5.97 Å². The largest absolute Gasteiger partial charge is 0.507 e. The standard InChI is InChI=1S/C25H34N2O6/c1-15-6-7-21(29)24(31)20(28)5-3-4-18-12-19(27-14-17-8-10-26-11-9-17)13-22(30)23(18)25(32)33-16(15)2/h12-13,15-17,26-27,30H,3-11,14H2,1-2H3/t15-,16+/m1/s1. The monoisotopic (exact) mass is 458 g/mol. The van der Waals surface area contributed by atoms with E-state index < -0.39 is 29.4 Å². The summed E-state index contributed by atoms with van der Waals surface area (Å²) in [7, 11) is 0. The lowest BCUT2D eigenvalue weighted by Gasteiger charge is -2.24. The van der Waals surface area contributed by atoms with Gasteiger partial charge in [-0.05, 0) is 75.6 Å². The number of carbonyl (C=O) groups excluding carboxylic acids is 4. The molecule has 1 fully saturated rings. The van der Waals surface area contributed by atoms with Gasteiger partial charge in [0.2, 0.25) is 11.6 Å². The molecule has 3 rings (SSSR count). The first-order chi connectivity index (χ1) is 15.8. The van der Waals surface area contributed by atoms with Gasteiger partial charge in [0.05, 0.1) is 0 Å². The van der Waals surface area contributed by atoms with Gasteiger partial charge in [-0.15, -0.1) is 0 Å². The summed E-state index contributed by atoms with van der Waals surface area (Å²) >= 11 is 0. The number of Topliss-reactive ketones (excluding diaryl/α,β-unsaturated/α-hetero) is 3. The van der Waals surface area contributed by atoms with Crippen LogP contribution in [0.25, 0.3) is 0 Å². The predicted octanol–water partition coefficient (Wildman–Crippen LogP) is 2.81. The third-order valence-corrected chi connectivity index (χ3v) is 6.73. The number of ether oxygens (including phenoxy) is 1. The van der Waals surface area contributed by atoms with E-state index in [1.807, 2.05) is 6.92 Å². The van der Waals surface area contributed by atoms with Crippen molar-refractivity contribution in [1.82, 2.24) is 5.32 Å². The number of aromatic hydroxyl groups is 1. The first-order valence-electron chi connectivity index (χ1n) is 11.9. The zero-order valence-electron chi connectivity index (χ0n) is 19.4. The molecule has 8 heteroatoms. The summed E-state index contributed by atoms with van der Waals surface area (Å²) in [6.07, 6.45) is 2.37. The quantitative estimate of drug-likeness (QED) is 0.467. The fraction of sp³-hybridized carbons (Fsp3) is 0.600. The Kier molecular flexibility index (Phi) is 8.61. The molecule has 0 bridgehead atoms. The van der Waals surface area contributed by atoms with Crippen LogP contribution in [0.2, 0.25) is 0 Å². The van der Waals surface area contributed by atoms with Crippen molar-refractivity contribution in [3.8, 4) is 5.75 Å². The molecule has 2 heterocycles. The van der Waals surface area contributed by atoms with E-state index in [0.717, 1.165) is 32.5 Å². The number of hydrogen-bond acceptors (Lipinski definition) is 8. The van der Waals surface area contributed by atoms with Crippen molar-refractivity contribution < 1.29 is 29.0 Å². The van der Waals surface area contributed by atoms with E-state index in [0.29, 0.717) is 23.6 Å². The molecule has 1 aromatic rings. The summed E-state index contributed by atoms with van der Waals surface area (Å²) in [6, 6.07) is 3.33. The van der Waals surface area contributed by atoms with Gasteiger partial charge in [0.1, 0.15) is 17.4 Å². The molecule has 2 aliphatic heterocycles. The molecule has 0 radical (unpaired) electrons. The fourth-order valence-electron chi connectivity index (χ4n) is 4.33. The van der Waals surface area contributed by atoms with E-state index in [4.69, 9.17) is 4.74 Å². The van der Waals surface area contributed by atoms with Gasteiger partial charge in [0, 0.05) is 31.1 Å². The average molecular weight is 459 g/mol. The van der Waals surface area contributed by atoms with Crippen LogP contribution >= 0.6 is 0 Å². The number of rotatable bonds is 3. The molecule has 1 saturated heterocycles. The third-order valence-electron chi connectivity index (χ3n) is 6.73. The van der Waals surface area contributed by atoms with Crippen molar-refractivity contribution in [2.45, 2.75) is 64.9 Å². The Bertz CT molecular complexity index is 906. The van der Waals surface area contributed by atoms with E-state index in [9.17, 15) is 24.3 Å². The summed E-state index contributed by atoms with van der Waals surface area (Å²) in [5.41, 5.74) is 1.34. The highest BCUT2D eigenvalue weighted by molar-refractivity contribution is 6.63. The molecule has 0 aliphatic carbocycles. The minimum Gasteiger partial charge on any atom is -0.507 e. The maximum absolute atomic E-state index is 13.0. The lowest BCUT2D eigenvalue weighted by atomic mass is 9.94. The lowest BCUT2D eigenvalue weighted by molar-refractivity contribution is -0.144. The third kappa shape index (κ3) is 6.63. The number of cyclic esters (lactones) is 1. The lowest BCUT2D eigenvalue weighted by Crippen LogP contribution is -2.31. The van der Waals surface area contributed by atoms with Gasteiger partial charge in [0.25, 0.3) is 5.78 Å². The number of anilines is 1. The van der Waals surface area contributed by atoms with Crippen molar-refractivity contribution in [3.05, 3.63) is 23.3 Å². The van der Waals surface area contributed by atoms with Gasteiger partial charge in [-0.25, -0.2) is 4.79 Å². The molecule has 0 aromatic heterocycles. The minimum absolute atomic E-state index is 0.0540. The molecule has 2 atom stereocenters. The molecule has 1 aromatic carbocycles. The predicted molar refractivity (Wildman–Crippen MR) is 123 cm³/mol. The SMILES string of the molecule is C[C@@H]1CCC(=O)C(=O)C(=O)CCCc2cc(NCC3CCNCC3)cc(O)c2C(=O)O[C@H]1C. The second-order valence-electron chi connectivity index (χ2n) is 9.26. The summed E-state index contributed by atoms with van der Waals surface area (Å²) in [5, 5.41) is 17.4. The van der Waals surface area contributed by atoms with Gasteiger partial charge in [0.15, 0.2) is 0 Å². The van der Waals surface area contributed by atoms with E-state index >= 15 is 0 Å². The Balaban J connectivity index is 1.84. The number of nitrogens with one attached hydrogen (secondary N) is 2. The van der Waals surface area contributed by atoms with Crippen LogP contribution in [0.4, 0.5) is 5.69 Å². The van der Waals surface area contributed by atoms with Crippen molar-refractivity contribution in [2.24, 2.45) is 11.8 Å². The van der Waals surface area contributed by atoms with E-state index in [2.05, 4.69) is 10.6 Å².